The van der Waals surface area contributed by atoms with E-state index in [0.29, 0.717) is 65.3 Å². The first-order chi connectivity index (χ1) is 21.5. The van der Waals surface area contributed by atoms with E-state index >= 15 is 0 Å². The number of rotatable bonds is 6. The molecular formula is C32H17BrCl4N2O6. The van der Waals surface area contributed by atoms with Gasteiger partial charge in [-0.2, -0.15) is 0 Å². The average Bonchev–Trinajstić information content (AvgIpc) is 3.65. The summed E-state index contributed by atoms with van der Waals surface area (Å²) in [6, 6.07) is 26.0. The van der Waals surface area contributed by atoms with E-state index in [-0.39, 0.29) is 5.89 Å². The minimum absolute atomic E-state index is 0.333. The van der Waals surface area contributed by atoms with Crippen molar-refractivity contribution in [2.45, 2.75) is 0 Å². The van der Waals surface area contributed by atoms with Crippen LogP contribution in [0.15, 0.2) is 104 Å². The molecule has 0 radical (unpaired) electrons. The quantitative estimate of drug-likeness (QED) is 0.172. The first-order valence-electron chi connectivity index (χ1n) is 12.7. The van der Waals surface area contributed by atoms with Crippen LogP contribution >= 0.6 is 62.3 Å². The van der Waals surface area contributed by atoms with Crippen LogP contribution < -0.4 is 0 Å². The number of aromatic carboxylic acids is 2. The van der Waals surface area contributed by atoms with Gasteiger partial charge in [0.15, 0.2) is 11.5 Å². The number of carboxylic acid groups (broad SMARTS) is 2. The maximum atomic E-state index is 11.2. The molecule has 0 fully saturated rings. The average molecular weight is 747 g/mol. The zero-order chi connectivity index (χ0) is 32.2. The second kappa shape index (κ2) is 13.9. The van der Waals surface area contributed by atoms with Gasteiger partial charge in [0, 0.05) is 36.8 Å². The number of hydrogen-bond donors (Lipinski definition) is 2. The summed E-state index contributed by atoms with van der Waals surface area (Å²) in [7, 11) is 0. The standard InChI is InChI=1S/C16H8BrCl2NO3.C16H9Cl2NO3/c17-9-3-1-8(2-4-9)14-13(20-15(23-14)16(21)22)11-6-5-10(18)7-12(11)19;17-10-7-5-9(6-8-10)14-13(19-15(22-14)16(20)21)11-3-1-2-4-12(11)18/h1-7H,(H,21,22);1-8H,(H,20,21). The van der Waals surface area contributed by atoms with Crippen LogP contribution in [0.1, 0.15) is 21.4 Å². The normalized spacial score (nSPS) is 10.7. The van der Waals surface area contributed by atoms with Crippen molar-refractivity contribution in [1.29, 1.82) is 0 Å². The van der Waals surface area contributed by atoms with E-state index in [4.69, 9.17) is 65.5 Å². The minimum atomic E-state index is -1.25. The first kappa shape index (κ1) is 32.3. The second-order valence-electron chi connectivity index (χ2n) is 9.12. The fourth-order valence-electron chi connectivity index (χ4n) is 4.12. The molecular weight excluding hydrogens is 730 g/mol. The maximum Gasteiger partial charge on any atom is 0.392 e. The zero-order valence-corrected chi connectivity index (χ0v) is 27.1. The van der Waals surface area contributed by atoms with Crippen molar-refractivity contribution in [2.24, 2.45) is 0 Å². The summed E-state index contributed by atoms with van der Waals surface area (Å²) in [5.41, 5.74) is 3.24. The van der Waals surface area contributed by atoms with Crippen molar-refractivity contribution in [2.75, 3.05) is 0 Å². The molecule has 45 heavy (non-hydrogen) atoms. The van der Waals surface area contributed by atoms with Crippen molar-refractivity contribution in [3.63, 3.8) is 0 Å². The lowest BCUT2D eigenvalue weighted by Gasteiger charge is -2.04. The third-order valence-electron chi connectivity index (χ3n) is 6.15. The molecule has 0 atom stereocenters. The lowest BCUT2D eigenvalue weighted by Crippen LogP contribution is -1.95. The molecule has 0 saturated carbocycles. The largest absolute Gasteiger partial charge is 0.474 e. The van der Waals surface area contributed by atoms with Gasteiger partial charge in [-0.1, -0.05) is 92.7 Å². The van der Waals surface area contributed by atoms with Gasteiger partial charge in [0.05, 0.1) is 10.0 Å². The van der Waals surface area contributed by atoms with E-state index < -0.39 is 17.8 Å². The van der Waals surface area contributed by atoms with Crippen molar-refractivity contribution < 1.29 is 28.6 Å². The number of carboxylic acids is 2. The molecule has 13 heteroatoms. The number of nitrogens with zero attached hydrogens (tertiary/aromatic N) is 2. The minimum Gasteiger partial charge on any atom is -0.474 e. The summed E-state index contributed by atoms with van der Waals surface area (Å²) in [5, 5.41) is 20.1. The lowest BCUT2D eigenvalue weighted by atomic mass is 10.1. The van der Waals surface area contributed by atoms with Crippen LogP contribution in [-0.4, -0.2) is 32.1 Å². The highest BCUT2D eigenvalue weighted by Gasteiger charge is 2.23. The number of aromatic nitrogens is 2. The van der Waals surface area contributed by atoms with E-state index in [2.05, 4.69) is 25.9 Å². The highest BCUT2D eigenvalue weighted by molar-refractivity contribution is 9.10. The van der Waals surface area contributed by atoms with E-state index in [1.807, 2.05) is 12.1 Å². The van der Waals surface area contributed by atoms with Crippen LogP contribution in [0.4, 0.5) is 0 Å². The molecule has 0 bridgehead atoms. The molecule has 2 aromatic heterocycles. The van der Waals surface area contributed by atoms with Crippen LogP contribution in [0.3, 0.4) is 0 Å². The van der Waals surface area contributed by atoms with Gasteiger partial charge >= 0.3 is 23.7 Å². The summed E-state index contributed by atoms with van der Waals surface area (Å²) in [4.78, 5) is 30.5. The molecule has 6 rings (SSSR count). The topological polar surface area (TPSA) is 127 Å². The Hall–Kier alpha value is -4.12. The molecule has 4 aromatic carbocycles. The molecule has 0 aliphatic heterocycles. The number of halogens is 5. The molecule has 226 valence electrons. The van der Waals surface area contributed by atoms with Gasteiger partial charge in [0.1, 0.15) is 11.4 Å². The predicted molar refractivity (Wildman–Crippen MR) is 176 cm³/mol. The predicted octanol–water partition coefficient (Wildman–Crippen LogP) is 10.8. The highest BCUT2D eigenvalue weighted by Crippen LogP contribution is 2.38. The Morgan fingerprint density at radius 1 is 0.600 bits per heavy atom. The number of hydrogen-bond acceptors (Lipinski definition) is 6. The molecule has 2 N–H and O–H groups in total. The Morgan fingerprint density at radius 2 is 1.07 bits per heavy atom. The van der Waals surface area contributed by atoms with Crippen LogP contribution in [0.5, 0.6) is 0 Å². The molecule has 0 amide bonds. The Labute approximate surface area is 283 Å². The summed E-state index contributed by atoms with van der Waals surface area (Å²) in [6.07, 6.45) is 0. The molecule has 0 aliphatic rings. The molecule has 2 heterocycles. The van der Waals surface area contributed by atoms with E-state index in [9.17, 15) is 9.59 Å². The van der Waals surface area contributed by atoms with Gasteiger partial charge in [0.2, 0.25) is 0 Å². The Balaban J connectivity index is 0.000000178. The number of benzene rings is 4. The lowest BCUT2D eigenvalue weighted by molar-refractivity contribution is 0.0645. The first-order valence-corrected chi connectivity index (χ1v) is 15.0. The number of oxazole rings is 2. The SMILES string of the molecule is O=C(O)c1nc(-c2ccc(Cl)cc2Cl)c(-c2ccc(Br)cc2)o1.O=C(O)c1nc(-c2ccccc2Cl)c(-c2ccc(Cl)cc2)o1. The molecule has 0 saturated heterocycles. The molecule has 6 aromatic rings. The maximum absolute atomic E-state index is 11.2. The van der Waals surface area contributed by atoms with Gasteiger partial charge < -0.3 is 19.0 Å². The highest BCUT2D eigenvalue weighted by atomic mass is 79.9. The van der Waals surface area contributed by atoms with Gasteiger partial charge in [0.25, 0.3) is 0 Å². The Bertz CT molecular complexity index is 2030. The smallest absolute Gasteiger partial charge is 0.392 e. The summed E-state index contributed by atoms with van der Waals surface area (Å²) < 4.78 is 11.7. The van der Waals surface area contributed by atoms with Crippen molar-refractivity contribution >= 4 is 74.3 Å². The Morgan fingerprint density at radius 3 is 1.56 bits per heavy atom. The van der Waals surface area contributed by atoms with Crippen molar-refractivity contribution in [1.82, 2.24) is 9.97 Å². The molecule has 0 aliphatic carbocycles. The van der Waals surface area contributed by atoms with Gasteiger partial charge in [-0.05, 0) is 60.7 Å². The van der Waals surface area contributed by atoms with Crippen LogP contribution in [-0.2, 0) is 0 Å². The molecule has 0 spiro atoms. The summed E-state index contributed by atoms with van der Waals surface area (Å²) in [6.45, 7) is 0. The van der Waals surface area contributed by atoms with E-state index in [0.717, 1.165) is 4.47 Å². The summed E-state index contributed by atoms with van der Waals surface area (Å²) in [5.74, 6) is -2.61. The van der Waals surface area contributed by atoms with Crippen LogP contribution in [0.2, 0.25) is 20.1 Å². The molecule has 8 nitrogen and oxygen atoms in total. The van der Waals surface area contributed by atoms with E-state index in [1.165, 1.54) is 0 Å². The van der Waals surface area contributed by atoms with Crippen molar-refractivity contribution in [3.8, 4) is 45.2 Å². The third-order valence-corrected chi connectivity index (χ3v) is 7.81. The fourth-order valence-corrected chi connectivity index (χ4v) is 5.23. The monoisotopic (exact) mass is 744 g/mol. The van der Waals surface area contributed by atoms with Crippen LogP contribution in [0, 0.1) is 0 Å². The second-order valence-corrected chi connectivity index (χ2v) is 11.7. The van der Waals surface area contributed by atoms with Gasteiger partial charge in [-0.3, -0.25) is 0 Å². The van der Waals surface area contributed by atoms with Gasteiger partial charge in [-0.15, -0.1) is 0 Å². The zero-order valence-electron chi connectivity index (χ0n) is 22.5. The fraction of sp³-hybridized carbons (Fsp3) is 0. The van der Waals surface area contributed by atoms with Crippen LogP contribution in [0.25, 0.3) is 45.2 Å². The van der Waals surface area contributed by atoms with E-state index in [1.54, 1.807) is 78.9 Å². The van der Waals surface area contributed by atoms with Crippen molar-refractivity contribution in [3.05, 3.63) is 127 Å². The molecule has 0 unspecified atom stereocenters. The summed E-state index contributed by atoms with van der Waals surface area (Å²) >= 11 is 27.5. The number of carbonyl (C=O) groups is 2. The third kappa shape index (κ3) is 7.41. The Kier molecular flexibility index (Phi) is 9.96. The van der Waals surface area contributed by atoms with Gasteiger partial charge in [-0.25, -0.2) is 19.6 Å².